The van der Waals surface area contributed by atoms with Crippen LogP contribution in [0.4, 0.5) is 17.6 Å². The van der Waals surface area contributed by atoms with E-state index in [-0.39, 0.29) is 15.9 Å². The fourth-order valence-corrected chi connectivity index (χ4v) is 4.23. The smallest absolute Gasteiger partial charge is 0.347 e. The Bertz CT molecular complexity index is 1060. The molecule has 3 rings (SSSR count). The molecule has 0 aliphatic rings. The number of hydrogen-bond acceptors (Lipinski definition) is 2. The lowest BCUT2D eigenvalue weighted by atomic mass is 9.97. The molecule has 31 heavy (non-hydrogen) atoms. The molecule has 1 N–H and O–H groups in total. The molecule has 7 heteroatoms. The van der Waals surface area contributed by atoms with Crippen LogP contribution in [-0.2, 0) is 19.3 Å². The molecule has 0 amide bonds. The molecule has 0 fully saturated rings. The Hall–Kier alpha value is -1.99. The predicted octanol–water partition coefficient (Wildman–Crippen LogP) is 7.66. The summed E-state index contributed by atoms with van der Waals surface area (Å²) in [4.78, 5) is 0. The number of halogens is 4. The Morgan fingerprint density at radius 1 is 1.03 bits per heavy atom. The Morgan fingerprint density at radius 3 is 2.32 bits per heavy atom. The number of aromatic nitrogens is 1. The van der Waals surface area contributed by atoms with Crippen LogP contribution in [0, 0.1) is 11.7 Å². The minimum absolute atomic E-state index is 0.0238. The van der Waals surface area contributed by atoms with Crippen LogP contribution in [0.5, 0.6) is 0 Å². The van der Waals surface area contributed by atoms with E-state index in [0.29, 0.717) is 24.4 Å². The molecule has 0 spiro atoms. The molecule has 2 aromatic carbocycles. The second kappa shape index (κ2) is 8.87. The van der Waals surface area contributed by atoms with Crippen LogP contribution in [0.2, 0.25) is 0 Å². The van der Waals surface area contributed by atoms with Crippen LogP contribution in [0.3, 0.4) is 0 Å². The van der Waals surface area contributed by atoms with Crippen molar-refractivity contribution in [3.05, 3.63) is 59.5 Å². The summed E-state index contributed by atoms with van der Waals surface area (Å²) in [6, 6.07) is 8.06. The maximum atomic E-state index is 15.1. The summed E-state index contributed by atoms with van der Waals surface area (Å²) >= 11 is 1.59. The Morgan fingerprint density at radius 2 is 1.71 bits per heavy atom. The molecule has 0 atom stereocenters. The van der Waals surface area contributed by atoms with E-state index in [1.165, 1.54) is 24.3 Å². The van der Waals surface area contributed by atoms with Gasteiger partial charge in [0.15, 0.2) is 0 Å². The average molecular weight is 453 g/mol. The largest absolute Gasteiger partial charge is 0.417 e. The summed E-state index contributed by atoms with van der Waals surface area (Å²) in [5.74, 6) is -0.326. The fourth-order valence-electron chi connectivity index (χ4n) is 3.57. The maximum Gasteiger partial charge on any atom is 0.417 e. The van der Waals surface area contributed by atoms with E-state index in [9.17, 15) is 13.2 Å². The van der Waals surface area contributed by atoms with E-state index in [1.54, 1.807) is 18.0 Å². The minimum atomic E-state index is -4.56. The lowest BCUT2D eigenvalue weighted by molar-refractivity contribution is -0.137. The number of nitrogens with zero attached hydrogens (tertiary/aromatic N) is 1. The van der Waals surface area contributed by atoms with E-state index in [2.05, 4.69) is 39.3 Å². The highest BCUT2D eigenvalue weighted by atomic mass is 32.2. The summed E-state index contributed by atoms with van der Waals surface area (Å²) < 4.78 is 61.1. The van der Waals surface area contributed by atoms with Gasteiger partial charge in [-0.05, 0) is 56.0 Å². The lowest BCUT2D eigenvalue weighted by Crippen LogP contribution is -2.16. The topological polar surface area (TPSA) is 17.0 Å². The third kappa shape index (κ3) is 5.63. The number of rotatable bonds is 6. The molecule has 2 nitrogen and oxygen atoms in total. The van der Waals surface area contributed by atoms with Crippen molar-refractivity contribution in [2.45, 2.75) is 58.6 Å². The number of hydrogen-bond donors (Lipinski definition) is 1. The lowest BCUT2D eigenvalue weighted by Gasteiger charge is -2.17. The number of alkyl halides is 3. The van der Waals surface area contributed by atoms with Crippen LogP contribution in [0.15, 0.2) is 42.6 Å². The van der Waals surface area contributed by atoms with Crippen molar-refractivity contribution >= 4 is 22.9 Å². The first kappa shape index (κ1) is 23.7. The summed E-state index contributed by atoms with van der Waals surface area (Å²) in [7, 11) is 0. The molecule has 0 radical (unpaired) electrons. The summed E-state index contributed by atoms with van der Waals surface area (Å²) in [6.45, 7) is 11.6. The third-order valence-corrected chi connectivity index (χ3v) is 5.68. The van der Waals surface area contributed by atoms with Gasteiger partial charge in [0.25, 0.3) is 0 Å². The molecule has 0 aliphatic heterocycles. The highest BCUT2D eigenvalue weighted by Crippen LogP contribution is 2.39. The van der Waals surface area contributed by atoms with Gasteiger partial charge >= 0.3 is 6.18 Å². The first-order valence-electron chi connectivity index (χ1n) is 10.3. The second-order valence-corrected chi connectivity index (χ2v) is 10.8. The standard InChI is InChI=1S/C24H28F4N2S/c1-15(2)13-30-14-16(12-29-31-23(3,4)5)18-10-21(25)19(11-22(18)30)17-8-6-7-9-20(17)24(26,27)28/h6-11,14-15,29H,12-13H2,1-5H3. The van der Waals surface area contributed by atoms with Crippen LogP contribution < -0.4 is 4.72 Å². The number of nitrogens with one attached hydrogen (secondary N) is 1. The summed E-state index contributed by atoms with van der Waals surface area (Å²) in [5.41, 5.74) is 0.641. The van der Waals surface area contributed by atoms with Crippen molar-refractivity contribution in [1.82, 2.24) is 9.29 Å². The molecule has 168 valence electrons. The molecule has 0 bridgehead atoms. The van der Waals surface area contributed by atoms with Gasteiger partial charge in [0.05, 0.1) is 5.56 Å². The molecule has 3 aromatic rings. The SMILES string of the molecule is CC(C)Cn1cc(CNSC(C)(C)C)c2cc(F)c(-c3ccccc3C(F)(F)F)cc21. The van der Waals surface area contributed by atoms with Crippen molar-refractivity contribution in [3.63, 3.8) is 0 Å². The first-order chi connectivity index (χ1) is 14.4. The van der Waals surface area contributed by atoms with E-state index in [4.69, 9.17) is 0 Å². The van der Waals surface area contributed by atoms with Crippen LogP contribution >= 0.6 is 11.9 Å². The molecule has 0 unspecified atom stereocenters. The van der Waals surface area contributed by atoms with Gasteiger partial charge < -0.3 is 4.57 Å². The van der Waals surface area contributed by atoms with Gasteiger partial charge in [0.2, 0.25) is 0 Å². The van der Waals surface area contributed by atoms with E-state index < -0.39 is 17.6 Å². The first-order valence-corrected chi connectivity index (χ1v) is 11.1. The van der Waals surface area contributed by atoms with Gasteiger partial charge in [-0.15, -0.1) is 0 Å². The van der Waals surface area contributed by atoms with Crippen molar-refractivity contribution in [3.8, 4) is 11.1 Å². The van der Waals surface area contributed by atoms with E-state index >= 15 is 4.39 Å². The van der Waals surface area contributed by atoms with Gasteiger partial charge in [0, 0.05) is 40.5 Å². The zero-order valence-corrected chi connectivity index (χ0v) is 19.2. The Balaban J connectivity index is 2.12. The van der Waals surface area contributed by atoms with E-state index in [1.807, 2.05) is 10.8 Å². The number of fused-ring (bicyclic) bond motifs is 1. The highest BCUT2D eigenvalue weighted by molar-refractivity contribution is 7.98. The summed E-state index contributed by atoms with van der Waals surface area (Å²) in [5, 5.41) is 0.716. The van der Waals surface area contributed by atoms with Gasteiger partial charge in [-0.2, -0.15) is 13.2 Å². The quantitative estimate of drug-likeness (QED) is 0.305. The Labute approximate surface area is 185 Å². The van der Waals surface area contributed by atoms with Crippen molar-refractivity contribution in [2.24, 2.45) is 5.92 Å². The normalized spacial score (nSPS) is 12.8. The number of benzene rings is 2. The minimum Gasteiger partial charge on any atom is -0.347 e. The maximum absolute atomic E-state index is 15.1. The van der Waals surface area contributed by atoms with Crippen LogP contribution in [-0.4, -0.2) is 9.31 Å². The van der Waals surface area contributed by atoms with Crippen molar-refractivity contribution in [1.29, 1.82) is 0 Å². The van der Waals surface area contributed by atoms with Gasteiger partial charge in [-0.1, -0.05) is 44.0 Å². The van der Waals surface area contributed by atoms with Crippen molar-refractivity contribution in [2.75, 3.05) is 0 Å². The fraction of sp³-hybridized carbons (Fsp3) is 0.417. The van der Waals surface area contributed by atoms with Gasteiger partial charge in [-0.25, -0.2) is 4.39 Å². The molecule has 0 aliphatic carbocycles. The molecule has 1 aromatic heterocycles. The average Bonchev–Trinajstić information content (AvgIpc) is 2.95. The molecular formula is C24H28F4N2S. The molecule has 0 saturated heterocycles. The zero-order chi connectivity index (χ0) is 23.0. The highest BCUT2D eigenvalue weighted by Gasteiger charge is 2.34. The van der Waals surface area contributed by atoms with Crippen LogP contribution in [0.1, 0.15) is 45.7 Å². The summed E-state index contributed by atoms with van der Waals surface area (Å²) in [6.07, 6.45) is -2.59. The van der Waals surface area contributed by atoms with Crippen molar-refractivity contribution < 1.29 is 17.6 Å². The van der Waals surface area contributed by atoms with E-state index in [0.717, 1.165) is 17.1 Å². The van der Waals surface area contributed by atoms with Gasteiger partial charge in [-0.3, -0.25) is 4.72 Å². The third-order valence-electron chi connectivity index (χ3n) is 4.78. The zero-order valence-electron chi connectivity index (χ0n) is 18.4. The molecule has 1 heterocycles. The molecule has 0 saturated carbocycles. The monoisotopic (exact) mass is 452 g/mol. The predicted molar refractivity (Wildman–Crippen MR) is 121 cm³/mol. The van der Waals surface area contributed by atoms with Crippen LogP contribution in [0.25, 0.3) is 22.0 Å². The molecular weight excluding hydrogens is 424 g/mol. The second-order valence-electron chi connectivity index (χ2n) is 9.13. The Kier molecular flexibility index (Phi) is 6.77. The van der Waals surface area contributed by atoms with Gasteiger partial charge in [0.1, 0.15) is 5.82 Å².